The van der Waals surface area contributed by atoms with Crippen molar-refractivity contribution >= 4 is 27.9 Å². The average molecular weight is 725 g/mol. The monoisotopic (exact) mass is 724 g/mol. The number of benzene rings is 1. The van der Waals surface area contributed by atoms with Crippen molar-refractivity contribution in [2.24, 2.45) is 0 Å². The molecule has 3 rings (SSSR count). The molecule has 2 saturated heterocycles. The Morgan fingerprint density at radius 1 is 0.896 bits per heavy atom. The van der Waals surface area contributed by atoms with Crippen molar-refractivity contribution in [2.45, 2.75) is 50.0 Å². The van der Waals surface area contributed by atoms with Crippen LogP contribution in [0.25, 0.3) is 0 Å². The van der Waals surface area contributed by atoms with Crippen molar-refractivity contribution in [3.05, 3.63) is 23.3 Å². The Morgan fingerprint density at radius 3 is 1.73 bits per heavy atom. The van der Waals surface area contributed by atoms with Crippen molar-refractivity contribution in [3.8, 4) is 5.75 Å². The Morgan fingerprint density at radius 2 is 1.33 bits per heavy atom. The molecule has 0 spiro atoms. The molecule has 2 heterocycles. The normalized spacial score (nSPS) is 16.8. The van der Waals surface area contributed by atoms with Gasteiger partial charge in [0.05, 0.1) is 18.6 Å². The van der Waals surface area contributed by atoms with Crippen molar-refractivity contribution < 1.29 is 68.8 Å². The van der Waals surface area contributed by atoms with Gasteiger partial charge in [-0.15, -0.1) is 0 Å². The molecule has 20 heteroatoms. The van der Waals surface area contributed by atoms with Crippen LogP contribution in [0.5, 0.6) is 5.75 Å². The SMILES string of the molecule is COc1cc(C)c(S(=O)(=O)N(C)CCOCC(=O)N2CCN(C3CCN(C)CC3)CC2)c(C)c1.O=C(O)C(F)(F)F.O=C(O)C(F)(F)F. The third-order valence-corrected chi connectivity index (χ3v) is 9.63. The van der Waals surface area contributed by atoms with Crippen LogP contribution < -0.4 is 4.74 Å². The second-order valence-electron chi connectivity index (χ2n) is 11.0. The standard InChI is InChI=1S/C24H40N4O5S.2C2HF3O2/c1-19-16-22(32-5)17-20(2)24(19)34(30,31)26(4)14-15-33-18-23(29)28-12-10-27(11-13-28)21-6-8-25(3)9-7-21;2*3-2(4,5)1(6)7/h16-17,21H,6-15,18H2,1-5H3;2*(H,6,7). The third-order valence-electron chi connectivity index (χ3n) is 7.47. The summed E-state index contributed by atoms with van der Waals surface area (Å²) in [6, 6.07) is 4.06. The zero-order valence-electron chi connectivity index (χ0n) is 27.2. The van der Waals surface area contributed by atoms with Gasteiger partial charge in [0, 0.05) is 45.8 Å². The van der Waals surface area contributed by atoms with Crippen LogP contribution in [0, 0.1) is 13.8 Å². The Hall–Kier alpha value is -3.20. The number of piperazine rings is 1. The highest BCUT2D eigenvalue weighted by Gasteiger charge is 2.39. The van der Waals surface area contributed by atoms with Gasteiger partial charge >= 0.3 is 24.3 Å². The van der Waals surface area contributed by atoms with E-state index >= 15 is 0 Å². The molecule has 2 aliphatic rings. The maximum atomic E-state index is 13.1. The fraction of sp³-hybridized carbons (Fsp3) is 0.679. The topological polar surface area (TPSA) is 157 Å². The molecule has 2 fully saturated rings. The lowest BCUT2D eigenvalue weighted by Crippen LogP contribution is -2.54. The largest absolute Gasteiger partial charge is 0.497 e. The van der Waals surface area contributed by atoms with Crippen LogP contribution in [-0.4, -0.2) is 154 Å². The molecule has 0 radical (unpaired) electrons. The molecule has 0 bridgehead atoms. The minimum atomic E-state index is -5.08. The number of sulfonamides is 1. The third kappa shape index (κ3) is 13.7. The fourth-order valence-electron chi connectivity index (χ4n) is 4.85. The van der Waals surface area contributed by atoms with E-state index in [1.165, 1.54) is 24.2 Å². The lowest BCUT2D eigenvalue weighted by atomic mass is 10.0. The summed E-state index contributed by atoms with van der Waals surface area (Å²) in [5.74, 6) is -4.92. The van der Waals surface area contributed by atoms with Gasteiger partial charge in [0.25, 0.3) is 0 Å². The molecule has 2 N–H and O–H groups in total. The molecule has 0 unspecified atom stereocenters. The molecule has 1 amide bonds. The van der Waals surface area contributed by atoms with Gasteiger partial charge in [-0.05, 0) is 70.1 Å². The summed E-state index contributed by atoms with van der Waals surface area (Å²) in [5, 5.41) is 14.2. The number of nitrogens with zero attached hydrogens (tertiary/aromatic N) is 4. The minimum Gasteiger partial charge on any atom is -0.497 e. The van der Waals surface area contributed by atoms with Gasteiger partial charge in [-0.1, -0.05) is 0 Å². The average Bonchev–Trinajstić information content (AvgIpc) is 2.98. The van der Waals surface area contributed by atoms with E-state index in [4.69, 9.17) is 29.3 Å². The summed E-state index contributed by atoms with van der Waals surface area (Å²) in [4.78, 5) is 37.4. The smallest absolute Gasteiger partial charge is 0.490 e. The molecule has 0 atom stereocenters. The number of piperidine rings is 1. The number of carboxylic acids is 2. The lowest BCUT2D eigenvalue weighted by Gasteiger charge is -2.42. The number of hydrogen-bond acceptors (Lipinski definition) is 9. The molecular formula is C28H42F6N4O9S. The lowest BCUT2D eigenvalue weighted by molar-refractivity contribution is -0.193. The number of carboxylic acid groups (broad SMARTS) is 2. The van der Waals surface area contributed by atoms with E-state index in [1.807, 2.05) is 4.90 Å². The minimum absolute atomic E-state index is 0.0251. The van der Waals surface area contributed by atoms with Crippen molar-refractivity contribution in [1.29, 1.82) is 0 Å². The van der Waals surface area contributed by atoms with E-state index in [-0.39, 0.29) is 30.6 Å². The molecule has 2 aliphatic heterocycles. The molecule has 48 heavy (non-hydrogen) atoms. The van der Waals surface area contributed by atoms with Crippen LogP contribution in [-0.2, 0) is 29.1 Å². The number of carbonyl (C=O) groups excluding carboxylic acids is 1. The fourth-order valence-corrected chi connectivity index (χ4v) is 6.41. The van der Waals surface area contributed by atoms with Crippen LogP contribution in [0.3, 0.4) is 0 Å². The highest BCUT2D eigenvalue weighted by atomic mass is 32.2. The number of rotatable bonds is 9. The van der Waals surface area contributed by atoms with Crippen LogP contribution in [0.1, 0.15) is 24.0 Å². The van der Waals surface area contributed by atoms with Gasteiger partial charge in [0.1, 0.15) is 12.4 Å². The van der Waals surface area contributed by atoms with Crippen LogP contribution >= 0.6 is 0 Å². The van der Waals surface area contributed by atoms with Crippen LogP contribution in [0.4, 0.5) is 26.3 Å². The number of carbonyl (C=O) groups is 3. The Kier molecular flexibility index (Phi) is 16.5. The Balaban J connectivity index is 0.000000687. The number of likely N-dealkylation sites (N-methyl/N-ethyl adjacent to an activating group) is 1. The molecule has 0 saturated carbocycles. The van der Waals surface area contributed by atoms with Gasteiger partial charge in [-0.3, -0.25) is 9.69 Å². The number of methoxy groups -OCH3 is 1. The van der Waals surface area contributed by atoms with E-state index in [0.29, 0.717) is 22.9 Å². The highest BCUT2D eigenvalue weighted by Crippen LogP contribution is 2.27. The quantitative estimate of drug-likeness (QED) is 0.285. The van der Waals surface area contributed by atoms with Gasteiger partial charge < -0.3 is 29.5 Å². The summed E-state index contributed by atoms with van der Waals surface area (Å²) in [6.45, 7) is 9.36. The van der Waals surface area contributed by atoms with E-state index in [2.05, 4.69) is 16.8 Å². The summed E-state index contributed by atoms with van der Waals surface area (Å²) >= 11 is 0. The number of halogens is 6. The number of amides is 1. The Labute approximate surface area is 275 Å². The van der Waals surface area contributed by atoms with Crippen molar-refractivity contribution in [2.75, 3.05) is 80.2 Å². The van der Waals surface area contributed by atoms with E-state index in [1.54, 1.807) is 33.1 Å². The van der Waals surface area contributed by atoms with Crippen molar-refractivity contribution in [1.82, 2.24) is 19.0 Å². The number of alkyl halides is 6. The molecule has 1 aromatic carbocycles. The second-order valence-corrected chi connectivity index (χ2v) is 13.0. The summed E-state index contributed by atoms with van der Waals surface area (Å²) in [6.07, 6.45) is -7.78. The first-order valence-electron chi connectivity index (χ1n) is 14.5. The molecule has 276 valence electrons. The summed E-state index contributed by atoms with van der Waals surface area (Å²) in [5.41, 5.74) is 1.28. The second kappa shape index (κ2) is 18.5. The maximum absolute atomic E-state index is 13.1. The number of aryl methyl sites for hydroxylation is 2. The first kappa shape index (κ1) is 42.8. The number of aliphatic carboxylic acids is 2. The predicted octanol–water partition coefficient (Wildman–Crippen LogP) is 2.45. The Bertz CT molecular complexity index is 1280. The maximum Gasteiger partial charge on any atom is 0.490 e. The first-order valence-corrected chi connectivity index (χ1v) is 16.0. The van der Waals surface area contributed by atoms with Crippen LogP contribution in [0.2, 0.25) is 0 Å². The molecular weight excluding hydrogens is 682 g/mol. The number of likely N-dealkylation sites (tertiary alicyclic amines) is 1. The molecule has 1 aromatic rings. The molecule has 13 nitrogen and oxygen atoms in total. The van der Waals surface area contributed by atoms with Gasteiger partial charge in [-0.2, -0.15) is 30.6 Å². The summed E-state index contributed by atoms with van der Waals surface area (Å²) < 4.78 is 102. The molecule has 0 aromatic heterocycles. The van der Waals surface area contributed by atoms with Gasteiger partial charge in [-0.25, -0.2) is 18.0 Å². The zero-order chi connectivity index (χ0) is 37.0. The number of hydrogen-bond donors (Lipinski definition) is 2. The van der Waals surface area contributed by atoms with Gasteiger partial charge in [0.15, 0.2) is 0 Å². The van der Waals surface area contributed by atoms with E-state index < -0.39 is 34.3 Å². The van der Waals surface area contributed by atoms with Crippen molar-refractivity contribution in [3.63, 3.8) is 0 Å². The van der Waals surface area contributed by atoms with Crippen LogP contribution in [0.15, 0.2) is 17.0 Å². The zero-order valence-corrected chi connectivity index (χ0v) is 28.0. The van der Waals surface area contributed by atoms with E-state index in [9.17, 15) is 39.6 Å². The van der Waals surface area contributed by atoms with E-state index in [0.717, 1.165) is 39.3 Å². The molecule has 0 aliphatic carbocycles. The highest BCUT2D eigenvalue weighted by molar-refractivity contribution is 7.89. The predicted molar refractivity (Wildman–Crippen MR) is 159 cm³/mol. The summed E-state index contributed by atoms with van der Waals surface area (Å²) in [7, 11) is 1.59. The first-order chi connectivity index (χ1) is 22.0. The van der Waals surface area contributed by atoms with Gasteiger partial charge in [0.2, 0.25) is 15.9 Å². The number of ether oxygens (including phenoxy) is 2.